The molecule has 5 heteroatoms. The van der Waals surface area contributed by atoms with E-state index in [-0.39, 0.29) is 11.9 Å². The maximum atomic E-state index is 12.4. The van der Waals surface area contributed by atoms with Crippen molar-refractivity contribution in [1.29, 1.82) is 0 Å². The number of urea groups is 1. The average molecular weight is 380 g/mol. The Labute approximate surface area is 167 Å². The van der Waals surface area contributed by atoms with Crippen LogP contribution in [-0.2, 0) is 0 Å². The molecule has 1 heterocycles. The molecule has 148 valence electrons. The summed E-state index contributed by atoms with van der Waals surface area (Å²) >= 11 is 0. The number of benzene rings is 2. The smallest absolute Gasteiger partial charge is 0.321 e. The van der Waals surface area contributed by atoms with Crippen LogP contribution in [-0.4, -0.2) is 36.5 Å². The number of rotatable bonds is 5. The number of carbonyl (C=O) groups is 2. The van der Waals surface area contributed by atoms with Crippen LogP contribution in [0.2, 0.25) is 0 Å². The monoisotopic (exact) mass is 379 g/mol. The molecule has 0 atom stereocenters. The number of piperidine rings is 1. The van der Waals surface area contributed by atoms with E-state index in [1.165, 1.54) is 0 Å². The maximum absolute atomic E-state index is 12.4. The van der Waals surface area contributed by atoms with Gasteiger partial charge < -0.3 is 15.5 Å². The van der Waals surface area contributed by atoms with Gasteiger partial charge in [-0.3, -0.25) is 4.79 Å². The first-order valence-electron chi connectivity index (χ1n) is 9.99. The Bertz CT molecular complexity index is 826. The highest BCUT2D eigenvalue weighted by molar-refractivity contribution is 5.94. The van der Waals surface area contributed by atoms with Crippen molar-refractivity contribution in [2.24, 2.45) is 5.92 Å². The Balaban J connectivity index is 1.38. The van der Waals surface area contributed by atoms with Crippen LogP contribution >= 0.6 is 0 Å². The Hall–Kier alpha value is -2.82. The first kappa shape index (κ1) is 19.9. The second-order valence-corrected chi connectivity index (χ2v) is 7.64. The third kappa shape index (κ3) is 5.59. The summed E-state index contributed by atoms with van der Waals surface area (Å²) in [6.45, 7) is 6.19. The number of likely N-dealkylation sites (tertiary alicyclic amines) is 1. The molecule has 0 bridgehead atoms. The molecule has 5 nitrogen and oxygen atoms in total. The number of amides is 3. The number of nitrogens with one attached hydrogen (secondary N) is 2. The Morgan fingerprint density at radius 3 is 2.36 bits per heavy atom. The first-order chi connectivity index (χ1) is 13.5. The number of aryl methyl sites for hydroxylation is 2. The summed E-state index contributed by atoms with van der Waals surface area (Å²) < 4.78 is 0. The SMILES string of the molecule is Cc1cccc(NC(=O)N2CCC(CCNC(=O)c3cccc(C)c3)CC2)c1. The van der Waals surface area contributed by atoms with Gasteiger partial charge in [0, 0.05) is 30.9 Å². The molecular formula is C23H29N3O2. The van der Waals surface area contributed by atoms with E-state index in [2.05, 4.69) is 10.6 Å². The lowest BCUT2D eigenvalue weighted by Crippen LogP contribution is -2.41. The predicted molar refractivity (Wildman–Crippen MR) is 113 cm³/mol. The molecule has 3 amide bonds. The van der Waals surface area contributed by atoms with E-state index in [1.807, 2.05) is 67.3 Å². The molecule has 1 aliphatic rings. The summed E-state index contributed by atoms with van der Waals surface area (Å²) in [7, 11) is 0. The molecule has 1 fully saturated rings. The Morgan fingerprint density at radius 1 is 1.00 bits per heavy atom. The Kier molecular flexibility index (Phi) is 6.69. The predicted octanol–water partition coefficient (Wildman–Crippen LogP) is 4.37. The molecule has 28 heavy (non-hydrogen) atoms. The van der Waals surface area contributed by atoms with Crippen molar-refractivity contribution in [2.45, 2.75) is 33.1 Å². The van der Waals surface area contributed by atoms with E-state index >= 15 is 0 Å². The first-order valence-corrected chi connectivity index (χ1v) is 9.99. The summed E-state index contributed by atoms with van der Waals surface area (Å²) in [5.41, 5.74) is 3.77. The zero-order valence-corrected chi connectivity index (χ0v) is 16.7. The number of hydrogen-bond acceptors (Lipinski definition) is 2. The fourth-order valence-electron chi connectivity index (χ4n) is 3.63. The molecular weight excluding hydrogens is 350 g/mol. The topological polar surface area (TPSA) is 61.4 Å². The molecule has 0 aliphatic carbocycles. The largest absolute Gasteiger partial charge is 0.352 e. The zero-order valence-electron chi connectivity index (χ0n) is 16.7. The van der Waals surface area contributed by atoms with Crippen molar-refractivity contribution in [3.05, 3.63) is 65.2 Å². The van der Waals surface area contributed by atoms with Crippen LogP contribution in [0.15, 0.2) is 48.5 Å². The maximum Gasteiger partial charge on any atom is 0.321 e. The molecule has 3 rings (SSSR count). The highest BCUT2D eigenvalue weighted by atomic mass is 16.2. The minimum Gasteiger partial charge on any atom is -0.352 e. The standard InChI is InChI=1S/C23H29N3O2/c1-17-5-3-7-20(15-17)22(27)24-12-9-19-10-13-26(14-11-19)23(28)25-21-8-4-6-18(2)16-21/h3-8,15-16,19H,9-14H2,1-2H3,(H,24,27)(H,25,28). The van der Waals surface area contributed by atoms with Crippen LogP contribution in [0.4, 0.5) is 10.5 Å². The molecule has 0 saturated carbocycles. The van der Waals surface area contributed by atoms with Gasteiger partial charge in [0.2, 0.25) is 0 Å². The van der Waals surface area contributed by atoms with Gasteiger partial charge in [-0.2, -0.15) is 0 Å². The molecule has 0 unspecified atom stereocenters. The van der Waals surface area contributed by atoms with E-state index in [0.717, 1.165) is 49.2 Å². The number of carbonyl (C=O) groups excluding carboxylic acids is 2. The molecule has 0 radical (unpaired) electrons. The van der Waals surface area contributed by atoms with Gasteiger partial charge >= 0.3 is 6.03 Å². The summed E-state index contributed by atoms with van der Waals surface area (Å²) in [5, 5.41) is 5.99. The second kappa shape index (κ2) is 9.40. The van der Waals surface area contributed by atoms with E-state index in [1.54, 1.807) is 0 Å². The van der Waals surface area contributed by atoms with Crippen LogP contribution in [0.5, 0.6) is 0 Å². The molecule has 2 N–H and O–H groups in total. The fourth-order valence-corrected chi connectivity index (χ4v) is 3.63. The molecule has 0 aromatic heterocycles. The van der Waals surface area contributed by atoms with Gasteiger partial charge in [0.05, 0.1) is 0 Å². The van der Waals surface area contributed by atoms with Crippen LogP contribution in [0.25, 0.3) is 0 Å². The lowest BCUT2D eigenvalue weighted by Gasteiger charge is -2.32. The van der Waals surface area contributed by atoms with Crippen molar-refractivity contribution in [3.8, 4) is 0 Å². The fraction of sp³-hybridized carbons (Fsp3) is 0.391. The van der Waals surface area contributed by atoms with Crippen LogP contribution in [0.3, 0.4) is 0 Å². The minimum atomic E-state index is -0.0307. The summed E-state index contributed by atoms with van der Waals surface area (Å²) in [6, 6.07) is 15.4. The van der Waals surface area contributed by atoms with Gasteiger partial charge in [-0.1, -0.05) is 29.8 Å². The van der Waals surface area contributed by atoms with Gasteiger partial charge in [0.15, 0.2) is 0 Å². The van der Waals surface area contributed by atoms with Crippen molar-refractivity contribution in [2.75, 3.05) is 25.0 Å². The van der Waals surface area contributed by atoms with Gasteiger partial charge in [-0.25, -0.2) is 4.79 Å². The van der Waals surface area contributed by atoms with Gasteiger partial charge in [-0.15, -0.1) is 0 Å². The number of hydrogen-bond donors (Lipinski definition) is 2. The lowest BCUT2D eigenvalue weighted by molar-refractivity contribution is 0.0949. The van der Waals surface area contributed by atoms with Crippen molar-refractivity contribution >= 4 is 17.6 Å². The average Bonchev–Trinajstić information content (AvgIpc) is 2.68. The number of nitrogens with zero attached hydrogens (tertiary/aromatic N) is 1. The second-order valence-electron chi connectivity index (χ2n) is 7.64. The summed E-state index contributed by atoms with van der Waals surface area (Å²) in [4.78, 5) is 26.5. The van der Waals surface area contributed by atoms with Gasteiger partial charge in [0.25, 0.3) is 5.91 Å². The highest BCUT2D eigenvalue weighted by Crippen LogP contribution is 2.21. The van der Waals surface area contributed by atoms with Crippen LogP contribution in [0, 0.1) is 19.8 Å². The molecule has 1 aliphatic heterocycles. The third-order valence-electron chi connectivity index (χ3n) is 5.29. The third-order valence-corrected chi connectivity index (χ3v) is 5.29. The van der Waals surface area contributed by atoms with Gasteiger partial charge in [0.1, 0.15) is 0 Å². The van der Waals surface area contributed by atoms with Gasteiger partial charge in [-0.05, 0) is 68.9 Å². The lowest BCUT2D eigenvalue weighted by atomic mass is 9.93. The van der Waals surface area contributed by atoms with Crippen molar-refractivity contribution in [1.82, 2.24) is 10.2 Å². The van der Waals surface area contributed by atoms with Crippen LogP contribution in [0.1, 0.15) is 40.7 Å². The van der Waals surface area contributed by atoms with E-state index in [9.17, 15) is 9.59 Å². The highest BCUT2D eigenvalue weighted by Gasteiger charge is 2.22. The molecule has 0 spiro atoms. The number of anilines is 1. The van der Waals surface area contributed by atoms with E-state index in [0.29, 0.717) is 18.0 Å². The van der Waals surface area contributed by atoms with E-state index in [4.69, 9.17) is 0 Å². The van der Waals surface area contributed by atoms with E-state index < -0.39 is 0 Å². The van der Waals surface area contributed by atoms with Crippen LogP contribution < -0.4 is 10.6 Å². The Morgan fingerprint density at radius 2 is 1.68 bits per heavy atom. The summed E-state index contributed by atoms with van der Waals surface area (Å²) in [6.07, 6.45) is 2.90. The quantitative estimate of drug-likeness (QED) is 0.810. The molecule has 2 aromatic rings. The van der Waals surface area contributed by atoms with Crippen molar-refractivity contribution in [3.63, 3.8) is 0 Å². The van der Waals surface area contributed by atoms with Crippen molar-refractivity contribution < 1.29 is 9.59 Å². The summed E-state index contributed by atoms with van der Waals surface area (Å²) in [5.74, 6) is 0.527. The molecule has 2 aromatic carbocycles. The zero-order chi connectivity index (χ0) is 19.9. The molecule has 1 saturated heterocycles. The minimum absolute atomic E-state index is 0.0151. The normalized spacial score (nSPS) is 14.6.